The summed E-state index contributed by atoms with van der Waals surface area (Å²) in [5, 5.41) is -4.38. The van der Waals surface area contributed by atoms with Gasteiger partial charge in [-0.3, -0.25) is 0 Å². The van der Waals surface area contributed by atoms with Crippen molar-refractivity contribution in [2.75, 3.05) is 0 Å². The summed E-state index contributed by atoms with van der Waals surface area (Å²) in [7, 11) is 0. The van der Waals surface area contributed by atoms with Crippen molar-refractivity contribution in [2.45, 2.75) is 54.1 Å². The fraction of sp³-hybridized carbons (Fsp3) is 0.474. The Kier molecular flexibility index (Phi) is 7.41. The maximum atomic E-state index is 14.7. The Morgan fingerprint density at radius 2 is 0.725 bits per heavy atom. The molecule has 0 fully saturated rings. The number of fused-ring (bicyclic) bond motifs is 1. The van der Waals surface area contributed by atoms with E-state index in [4.69, 9.17) is 0 Å². The predicted octanol–water partition coefficient (Wildman–Crippen LogP) is 9.51. The van der Waals surface area contributed by atoms with Gasteiger partial charge < -0.3 is 0 Å². The van der Waals surface area contributed by atoms with E-state index in [1.807, 2.05) is 0 Å². The van der Waals surface area contributed by atoms with E-state index in [2.05, 4.69) is 0 Å². The molecule has 0 nitrogen and oxygen atoms in total. The zero-order valence-corrected chi connectivity index (χ0v) is 17.7. The number of benzene rings is 2. The van der Waals surface area contributed by atoms with Crippen LogP contribution < -0.4 is 0 Å². The first-order chi connectivity index (χ1) is 17.3. The first kappa shape index (κ1) is 33.4. The number of halogens is 21. The van der Waals surface area contributed by atoms with Crippen LogP contribution in [0.25, 0.3) is 10.8 Å². The molecule has 2 aromatic carbocycles. The molecule has 2 rings (SSSR count). The Morgan fingerprint density at radius 1 is 0.400 bits per heavy atom. The van der Waals surface area contributed by atoms with Gasteiger partial charge in [0.05, 0.1) is 0 Å². The normalized spacial score (nSPS) is 15.6. The molecule has 0 aromatic heterocycles. The van der Waals surface area contributed by atoms with Crippen molar-refractivity contribution in [1.82, 2.24) is 0 Å². The quantitative estimate of drug-likeness (QED) is 0.279. The fourth-order valence-corrected chi connectivity index (χ4v) is 3.15. The lowest BCUT2D eigenvalue weighted by atomic mass is 9.80. The summed E-state index contributed by atoms with van der Waals surface area (Å²) in [6.07, 6.45) is -23.1. The molecule has 1 radical (unpaired) electrons. The van der Waals surface area contributed by atoms with E-state index in [1.165, 1.54) is 0 Å². The maximum absolute atomic E-state index is 14.7. The molecule has 0 aliphatic rings. The molecule has 0 aliphatic heterocycles. The van der Waals surface area contributed by atoms with Gasteiger partial charge >= 0.3 is 54.1 Å². The van der Waals surface area contributed by atoms with Crippen molar-refractivity contribution >= 4 is 10.8 Å². The van der Waals surface area contributed by atoms with Crippen molar-refractivity contribution in [3.63, 3.8) is 0 Å². The second kappa shape index (κ2) is 8.86. The van der Waals surface area contributed by atoms with Crippen LogP contribution in [0.2, 0.25) is 0 Å². The molecule has 0 bridgehead atoms. The van der Waals surface area contributed by atoms with Crippen LogP contribution in [-0.2, 0) is 17.8 Å². The minimum atomic E-state index is -8.05. The third-order valence-electron chi connectivity index (χ3n) is 5.15. The average Bonchev–Trinajstić information content (AvgIpc) is 2.74. The first-order valence-electron chi connectivity index (χ1n) is 9.30. The minimum Gasteiger partial charge on any atom is -0.194 e. The Hall–Kier alpha value is -2.77. The van der Waals surface area contributed by atoms with Crippen molar-refractivity contribution in [3.05, 3.63) is 47.0 Å². The number of hydrogen-bond acceptors (Lipinski definition) is 0. The summed E-state index contributed by atoms with van der Waals surface area (Å²) in [6, 6.07) is 0.551. The Morgan fingerprint density at radius 3 is 1.10 bits per heavy atom. The van der Waals surface area contributed by atoms with Crippen LogP contribution in [0.5, 0.6) is 0 Å². The summed E-state index contributed by atoms with van der Waals surface area (Å²) < 4.78 is 285. The summed E-state index contributed by atoms with van der Waals surface area (Å²) in [4.78, 5) is 0. The molecule has 0 atom stereocenters. The van der Waals surface area contributed by atoms with Crippen molar-refractivity contribution in [3.8, 4) is 0 Å². The van der Waals surface area contributed by atoms with Gasteiger partial charge in [-0.05, 0) is 10.8 Å². The van der Waals surface area contributed by atoms with Gasteiger partial charge in [0.1, 0.15) is 0 Å². The van der Waals surface area contributed by atoms with Gasteiger partial charge in [-0.1, -0.05) is 24.3 Å². The van der Waals surface area contributed by atoms with Gasteiger partial charge in [0.15, 0.2) is 0 Å². The molecule has 227 valence electrons. The van der Waals surface area contributed by atoms with Crippen LogP contribution in [0.4, 0.5) is 92.2 Å². The highest BCUT2D eigenvalue weighted by Crippen LogP contribution is 2.63. The molecule has 0 N–H and O–H groups in total. The van der Waals surface area contributed by atoms with Gasteiger partial charge in [-0.2, -0.15) is 92.2 Å². The highest BCUT2D eigenvalue weighted by Gasteiger charge is 2.81. The highest BCUT2D eigenvalue weighted by atomic mass is 19.4. The van der Waals surface area contributed by atoms with E-state index in [0.717, 1.165) is 0 Å². The second-order valence-electron chi connectivity index (χ2n) is 7.74. The third-order valence-corrected chi connectivity index (χ3v) is 5.15. The summed E-state index contributed by atoms with van der Waals surface area (Å²) >= 11 is 0. The van der Waals surface area contributed by atoms with Gasteiger partial charge in [0, 0.05) is 22.8 Å². The van der Waals surface area contributed by atoms with E-state index < -0.39 is 81.5 Å². The second-order valence-corrected chi connectivity index (χ2v) is 7.74. The minimum absolute atomic E-state index is 0.0736. The Bertz CT molecular complexity index is 1260. The Labute approximate surface area is 205 Å². The van der Waals surface area contributed by atoms with E-state index in [0.29, 0.717) is 12.1 Å². The standard InChI is InChI=1S/C19H4F21/c20-11(21,14(26,27)17(32,33)34)8-5-6-3-1-2-4-7(6)9(12(22,23)15(28,29)18(35,36)37)10(8)13(24,25)16(30,31)19(38,39)40/h1-4H. The molecule has 0 aliphatic carbocycles. The predicted molar refractivity (Wildman–Crippen MR) is 87.5 cm³/mol. The van der Waals surface area contributed by atoms with Crippen molar-refractivity contribution < 1.29 is 92.2 Å². The van der Waals surface area contributed by atoms with E-state index in [1.54, 1.807) is 0 Å². The van der Waals surface area contributed by atoms with Crippen LogP contribution in [0, 0.1) is 6.07 Å². The summed E-state index contributed by atoms with van der Waals surface area (Å²) in [5.41, 5.74) is -13.2. The molecule has 21 heteroatoms. The van der Waals surface area contributed by atoms with E-state index >= 15 is 0 Å². The van der Waals surface area contributed by atoms with Crippen LogP contribution in [-0.4, -0.2) is 36.3 Å². The van der Waals surface area contributed by atoms with Crippen LogP contribution >= 0.6 is 0 Å². The molecule has 40 heavy (non-hydrogen) atoms. The molecule has 0 saturated heterocycles. The lowest BCUT2D eigenvalue weighted by Gasteiger charge is -2.38. The van der Waals surface area contributed by atoms with Crippen molar-refractivity contribution in [1.29, 1.82) is 0 Å². The smallest absolute Gasteiger partial charge is 0.194 e. The van der Waals surface area contributed by atoms with Gasteiger partial charge in [0.25, 0.3) is 0 Å². The van der Waals surface area contributed by atoms with Crippen LogP contribution in [0.15, 0.2) is 24.3 Å². The zero-order valence-electron chi connectivity index (χ0n) is 17.7. The molecule has 0 heterocycles. The number of hydrogen-bond donors (Lipinski definition) is 0. The van der Waals surface area contributed by atoms with Gasteiger partial charge in [-0.15, -0.1) is 0 Å². The zero-order chi connectivity index (χ0) is 31.9. The lowest BCUT2D eigenvalue weighted by Crippen LogP contribution is -2.56. The molecule has 0 amide bonds. The largest absolute Gasteiger partial charge is 0.460 e. The monoisotopic (exact) mass is 631 g/mol. The Balaban J connectivity index is 3.44. The molecular formula is C19H4F21. The number of rotatable bonds is 6. The summed E-state index contributed by atoms with van der Waals surface area (Å²) in [6.45, 7) is 0. The van der Waals surface area contributed by atoms with E-state index in [9.17, 15) is 92.2 Å². The van der Waals surface area contributed by atoms with Crippen LogP contribution in [0.3, 0.4) is 0 Å². The maximum Gasteiger partial charge on any atom is 0.460 e. The van der Waals surface area contributed by atoms with Gasteiger partial charge in [0.2, 0.25) is 0 Å². The van der Waals surface area contributed by atoms with Crippen LogP contribution in [0.1, 0.15) is 16.7 Å². The molecule has 0 spiro atoms. The molecular weight excluding hydrogens is 627 g/mol. The fourth-order valence-electron chi connectivity index (χ4n) is 3.15. The van der Waals surface area contributed by atoms with E-state index in [-0.39, 0.29) is 18.2 Å². The topological polar surface area (TPSA) is 0 Å². The average molecular weight is 631 g/mol. The highest BCUT2D eigenvalue weighted by molar-refractivity contribution is 5.89. The van der Waals surface area contributed by atoms with Crippen molar-refractivity contribution in [2.24, 2.45) is 0 Å². The SMILES string of the molecule is FC(F)(F)C(F)(F)C(F)(F)c1[c]c2ccccc2c(C(F)(F)C(F)(F)C(F)(F)F)c1C(F)(F)C(F)(F)C(F)(F)F. The molecule has 0 saturated carbocycles. The summed E-state index contributed by atoms with van der Waals surface area (Å²) in [5.74, 6) is -46.9. The first-order valence-corrected chi connectivity index (χ1v) is 9.30. The molecule has 2 aromatic rings. The lowest BCUT2D eigenvalue weighted by molar-refractivity contribution is -0.371. The van der Waals surface area contributed by atoms with Gasteiger partial charge in [-0.25, -0.2) is 0 Å². The third kappa shape index (κ3) is 4.46. The number of alkyl halides is 21. The molecule has 0 unspecified atom stereocenters.